The molecule has 3 rings (SSSR count). The summed E-state index contributed by atoms with van der Waals surface area (Å²) < 4.78 is 5.11. The average Bonchev–Trinajstić information content (AvgIpc) is 3.04. The van der Waals surface area contributed by atoms with Gasteiger partial charge in [-0.15, -0.1) is 0 Å². The number of carbonyl (C=O) groups is 1. The van der Waals surface area contributed by atoms with Gasteiger partial charge in [0.1, 0.15) is 22.9 Å². The van der Waals surface area contributed by atoms with Crippen molar-refractivity contribution in [3.8, 4) is 11.5 Å². The van der Waals surface area contributed by atoms with Crippen LogP contribution in [-0.4, -0.2) is 34.5 Å². The number of aromatic nitrogens is 2. The Balaban J connectivity index is 1.85. The van der Waals surface area contributed by atoms with Crippen LogP contribution in [0.25, 0.3) is 0 Å². The summed E-state index contributed by atoms with van der Waals surface area (Å²) in [5.41, 5.74) is 7.10. The number of hydrogen-bond acceptors (Lipinski definition) is 6. The Kier molecular flexibility index (Phi) is 4.84. The summed E-state index contributed by atoms with van der Waals surface area (Å²) in [6, 6.07) is 13.6. The molecule has 0 unspecified atom stereocenters. The zero-order chi connectivity index (χ0) is 18.5. The Labute approximate surface area is 149 Å². The van der Waals surface area contributed by atoms with E-state index in [0.29, 0.717) is 5.82 Å². The molecule has 0 saturated heterocycles. The second-order valence-electron chi connectivity index (χ2n) is 5.36. The topological polar surface area (TPSA) is 126 Å². The number of phenols is 1. The van der Waals surface area contributed by atoms with Gasteiger partial charge in [0.15, 0.2) is 5.82 Å². The first-order valence-electron chi connectivity index (χ1n) is 7.69. The fraction of sp³-hybridized carbons (Fsp3) is 0.0556. The van der Waals surface area contributed by atoms with Gasteiger partial charge in [-0.3, -0.25) is 9.89 Å². The number of amides is 1. The number of rotatable bonds is 6. The van der Waals surface area contributed by atoms with Gasteiger partial charge in [0.2, 0.25) is 0 Å². The lowest BCUT2D eigenvalue weighted by Gasteiger charge is -2.06. The van der Waals surface area contributed by atoms with E-state index in [-0.39, 0.29) is 17.1 Å². The number of aliphatic imine (C=N–C) groups is 1. The largest absolute Gasteiger partial charge is 0.508 e. The number of aromatic amines is 1. The summed E-state index contributed by atoms with van der Waals surface area (Å²) in [5, 5.41) is 19.1. The Morgan fingerprint density at radius 2 is 1.92 bits per heavy atom. The number of H-pyrrole nitrogens is 1. The molecule has 0 aliphatic carbocycles. The Hall–Kier alpha value is -3.81. The molecule has 132 valence electrons. The fourth-order valence-electron chi connectivity index (χ4n) is 2.26. The number of nitrogens with one attached hydrogen (secondary N) is 2. The summed E-state index contributed by atoms with van der Waals surface area (Å²) in [6.07, 6.45) is 1.53. The molecule has 3 aromatic rings. The lowest BCUT2D eigenvalue weighted by molar-refractivity contribution is 0.100. The number of hydrogen-bond donors (Lipinski definition) is 4. The highest BCUT2D eigenvalue weighted by Crippen LogP contribution is 2.27. The van der Waals surface area contributed by atoms with Crippen LogP contribution in [0.2, 0.25) is 0 Å². The molecule has 1 amide bonds. The minimum absolute atomic E-state index is 0.149. The predicted molar refractivity (Wildman–Crippen MR) is 98.7 cm³/mol. The molecule has 8 heteroatoms. The molecule has 0 aliphatic heterocycles. The molecule has 0 radical (unpaired) electrons. The van der Waals surface area contributed by atoms with Crippen molar-refractivity contribution in [1.29, 1.82) is 0 Å². The fourth-order valence-corrected chi connectivity index (χ4v) is 2.26. The quantitative estimate of drug-likeness (QED) is 0.508. The van der Waals surface area contributed by atoms with Crippen molar-refractivity contribution in [2.45, 2.75) is 0 Å². The third-order valence-electron chi connectivity index (χ3n) is 3.58. The molecule has 0 saturated carbocycles. The maximum Gasteiger partial charge on any atom is 0.256 e. The Bertz CT molecular complexity index is 930. The molecule has 1 aromatic heterocycles. The number of aromatic hydroxyl groups is 1. The van der Waals surface area contributed by atoms with Crippen molar-refractivity contribution >= 4 is 29.4 Å². The molecule has 0 bridgehead atoms. The van der Waals surface area contributed by atoms with Gasteiger partial charge in [0.25, 0.3) is 5.91 Å². The molecule has 0 atom stereocenters. The van der Waals surface area contributed by atoms with Crippen LogP contribution in [0.15, 0.2) is 53.5 Å². The standard InChI is InChI=1S/C18H17N5O3/c1-26-14-8-4-12(5-9-14)21-18-15(16(19)25)17(22-23-18)20-10-11-2-6-13(24)7-3-11/h2-10,24H,1H3,(H2,19,25)(H2,21,22,23). The lowest BCUT2D eigenvalue weighted by Crippen LogP contribution is -2.12. The maximum absolute atomic E-state index is 11.8. The maximum atomic E-state index is 11.8. The first kappa shape index (κ1) is 17.0. The van der Waals surface area contributed by atoms with Crippen molar-refractivity contribution in [1.82, 2.24) is 10.2 Å². The van der Waals surface area contributed by atoms with E-state index in [2.05, 4.69) is 20.5 Å². The van der Waals surface area contributed by atoms with Crippen molar-refractivity contribution in [3.63, 3.8) is 0 Å². The van der Waals surface area contributed by atoms with Crippen LogP contribution in [0, 0.1) is 0 Å². The van der Waals surface area contributed by atoms with E-state index < -0.39 is 5.91 Å². The van der Waals surface area contributed by atoms with Crippen LogP contribution in [-0.2, 0) is 0 Å². The second-order valence-corrected chi connectivity index (χ2v) is 5.36. The zero-order valence-electron chi connectivity index (χ0n) is 13.9. The normalized spacial score (nSPS) is 10.8. The smallest absolute Gasteiger partial charge is 0.256 e. The number of primary amides is 1. The molecular weight excluding hydrogens is 334 g/mol. The minimum Gasteiger partial charge on any atom is -0.508 e. The van der Waals surface area contributed by atoms with Gasteiger partial charge in [0, 0.05) is 11.9 Å². The van der Waals surface area contributed by atoms with E-state index >= 15 is 0 Å². The van der Waals surface area contributed by atoms with Crippen LogP contribution in [0.3, 0.4) is 0 Å². The summed E-state index contributed by atoms with van der Waals surface area (Å²) in [6.45, 7) is 0. The number of methoxy groups -OCH3 is 1. The molecule has 0 spiro atoms. The number of nitrogens with two attached hydrogens (primary N) is 1. The van der Waals surface area contributed by atoms with Gasteiger partial charge >= 0.3 is 0 Å². The molecule has 26 heavy (non-hydrogen) atoms. The number of phenolic OH excluding ortho intramolecular Hbond substituents is 1. The molecule has 8 nitrogen and oxygen atoms in total. The molecule has 5 N–H and O–H groups in total. The van der Waals surface area contributed by atoms with E-state index in [1.807, 2.05) is 0 Å². The van der Waals surface area contributed by atoms with Crippen LogP contribution in [0.1, 0.15) is 15.9 Å². The number of anilines is 2. The average molecular weight is 351 g/mol. The van der Waals surface area contributed by atoms with Crippen LogP contribution in [0.5, 0.6) is 11.5 Å². The predicted octanol–water partition coefficient (Wildman–Crippen LogP) is 2.72. The first-order valence-corrected chi connectivity index (χ1v) is 7.69. The summed E-state index contributed by atoms with van der Waals surface area (Å²) >= 11 is 0. The summed E-state index contributed by atoms with van der Waals surface area (Å²) in [5.74, 6) is 0.731. The SMILES string of the molecule is COc1ccc(Nc2[nH]nc(N=Cc3ccc(O)cc3)c2C(N)=O)cc1. The molecule has 0 fully saturated rings. The summed E-state index contributed by atoms with van der Waals surface area (Å²) in [7, 11) is 1.58. The molecular formula is C18H17N5O3. The first-order chi connectivity index (χ1) is 12.6. The van der Waals surface area contributed by atoms with Crippen molar-refractivity contribution in [2.24, 2.45) is 10.7 Å². The van der Waals surface area contributed by atoms with E-state index in [1.165, 1.54) is 18.3 Å². The Morgan fingerprint density at radius 3 is 2.54 bits per heavy atom. The van der Waals surface area contributed by atoms with E-state index in [0.717, 1.165) is 17.0 Å². The van der Waals surface area contributed by atoms with Crippen molar-refractivity contribution in [3.05, 3.63) is 59.7 Å². The third-order valence-corrected chi connectivity index (χ3v) is 3.58. The number of benzene rings is 2. The van der Waals surface area contributed by atoms with Crippen LogP contribution < -0.4 is 15.8 Å². The monoisotopic (exact) mass is 351 g/mol. The molecule has 1 heterocycles. The van der Waals surface area contributed by atoms with Crippen LogP contribution in [0.4, 0.5) is 17.3 Å². The van der Waals surface area contributed by atoms with E-state index in [1.54, 1.807) is 43.5 Å². The highest BCUT2D eigenvalue weighted by atomic mass is 16.5. The van der Waals surface area contributed by atoms with Crippen LogP contribution >= 0.6 is 0 Å². The second kappa shape index (κ2) is 7.39. The third kappa shape index (κ3) is 3.81. The molecule has 2 aromatic carbocycles. The van der Waals surface area contributed by atoms with Gasteiger partial charge in [0.05, 0.1) is 7.11 Å². The highest BCUT2D eigenvalue weighted by Gasteiger charge is 2.18. The minimum atomic E-state index is -0.660. The van der Waals surface area contributed by atoms with Crippen molar-refractivity contribution < 1.29 is 14.6 Å². The van der Waals surface area contributed by atoms with Crippen molar-refractivity contribution in [2.75, 3.05) is 12.4 Å². The Morgan fingerprint density at radius 1 is 1.23 bits per heavy atom. The number of ether oxygens (including phenoxy) is 1. The van der Waals surface area contributed by atoms with Gasteiger partial charge < -0.3 is 20.9 Å². The lowest BCUT2D eigenvalue weighted by atomic mass is 10.2. The van der Waals surface area contributed by atoms with E-state index in [9.17, 15) is 9.90 Å². The van der Waals surface area contributed by atoms with E-state index in [4.69, 9.17) is 10.5 Å². The van der Waals surface area contributed by atoms with Gasteiger partial charge in [-0.1, -0.05) is 0 Å². The van der Waals surface area contributed by atoms with Gasteiger partial charge in [-0.25, -0.2) is 4.99 Å². The van der Waals surface area contributed by atoms with Gasteiger partial charge in [-0.05, 0) is 54.1 Å². The van der Waals surface area contributed by atoms with Gasteiger partial charge in [-0.2, -0.15) is 5.10 Å². The molecule has 0 aliphatic rings. The summed E-state index contributed by atoms with van der Waals surface area (Å²) in [4.78, 5) is 16.1. The number of carbonyl (C=O) groups excluding carboxylic acids is 1. The number of nitrogens with zero attached hydrogens (tertiary/aromatic N) is 2. The zero-order valence-corrected chi connectivity index (χ0v) is 13.9. The highest BCUT2D eigenvalue weighted by molar-refractivity contribution is 6.03.